The highest BCUT2D eigenvalue weighted by Gasteiger charge is 2.54. The number of likely N-dealkylation sites (tertiary alicyclic amines) is 1. The maximum atomic E-state index is 13.9. The van der Waals surface area contributed by atoms with Crippen molar-refractivity contribution < 1.29 is 27.4 Å². The average Bonchev–Trinajstić information content (AvgIpc) is 3.42. The molecule has 0 spiro atoms. The summed E-state index contributed by atoms with van der Waals surface area (Å²) in [5.41, 5.74) is 0.257. The molecule has 35 heavy (non-hydrogen) atoms. The van der Waals surface area contributed by atoms with Gasteiger partial charge in [0.1, 0.15) is 6.10 Å². The summed E-state index contributed by atoms with van der Waals surface area (Å²) in [5.74, 6) is 0.509. The molecule has 4 atom stereocenters. The Morgan fingerprint density at radius 1 is 1.06 bits per heavy atom. The van der Waals surface area contributed by atoms with E-state index in [-0.39, 0.29) is 35.9 Å². The van der Waals surface area contributed by atoms with E-state index in [0.29, 0.717) is 30.0 Å². The molecule has 1 saturated heterocycles. The first-order valence-corrected chi connectivity index (χ1v) is 11.2. The van der Waals surface area contributed by atoms with Crippen LogP contribution in [0.15, 0.2) is 61.1 Å². The first-order chi connectivity index (χ1) is 16.9. The first kappa shape index (κ1) is 23.2. The number of methoxy groups -OCH3 is 1. The van der Waals surface area contributed by atoms with Gasteiger partial charge in [-0.2, -0.15) is 13.2 Å². The Bertz CT molecular complexity index is 1190. The van der Waals surface area contributed by atoms with Gasteiger partial charge in [-0.05, 0) is 37.0 Å². The number of carbonyl (C=O) groups is 1. The zero-order valence-electron chi connectivity index (χ0n) is 18.9. The summed E-state index contributed by atoms with van der Waals surface area (Å²) in [4.78, 5) is 28.1. The number of alkyl halides is 3. The van der Waals surface area contributed by atoms with Crippen molar-refractivity contribution >= 4 is 5.91 Å². The highest BCUT2D eigenvalue weighted by Crippen LogP contribution is 2.45. The van der Waals surface area contributed by atoms with E-state index in [2.05, 4.69) is 15.0 Å². The molecule has 1 saturated carbocycles. The van der Waals surface area contributed by atoms with Gasteiger partial charge in [0.15, 0.2) is 5.82 Å². The molecule has 3 heterocycles. The molecule has 182 valence electrons. The van der Waals surface area contributed by atoms with E-state index in [0.717, 1.165) is 18.7 Å². The standard InChI is InChI=1S/C25H23F3N4O3/c1-34-14-20-15-11-19(21(12-15)35-22-8-7-16(13-31-22)25(26,27)28)32(20)24(33)18-6-3-2-5-17(18)23-29-9-4-10-30-23/h2-10,13,15,19-21H,11-12,14H2,1H3/t15-,19+,20-,21-/m1/s1. The number of fused-ring (bicyclic) bond motifs is 2. The highest BCUT2D eigenvalue weighted by molar-refractivity contribution is 6.00. The Hall–Kier alpha value is -3.53. The lowest BCUT2D eigenvalue weighted by molar-refractivity contribution is -0.137. The van der Waals surface area contributed by atoms with Crippen LogP contribution in [0.3, 0.4) is 0 Å². The lowest BCUT2D eigenvalue weighted by atomic mass is 9.96. The van der Waals surface area contributed by atoms with Crippen LogP contribution in [0.4, 0.5) is 13.2 Å². The molecular formula is C25H23F3N4O3. The normalized spacial score (nSPS) is 23.5. The van der Waals surface area contributed by atoms with E-state index in [1.54, 1.807) is 42.6 Å². The van der Waals surface area contributed by atoms with Gasteiger partial charge in [-0.15, -0.1) is 0 Å². The monoisotopic (exact) mass is 484 g/mol. The second-order valence-electron chi connectivity index (χ2n) is 8.69. The predicted molar refractivity (Wildman–Crippen MR) is 119 cm³/mol. The maximum absolute atomic E-state index is 13.9. The number of rotatable bonds is 6. The molecule has 1 aliphatic heterocycles. The SMILES string of the molecule is COC[C@@H]1[C@H]2C[C@@H](Oc3ccc(C(F)(F)F)cn3)[C@H](C2)N1C(=O)c1ccccc1-c1ncccn1. The summed E-state index contributed by atoms with van der Waals surface area (Å²) in [6, 6.07) is 10.6. The molecule has 1 aromatic carbocycles. The molecule has 0 N–H and O–H groups in total. The number of carbonyl (C=O) groups excluding carboxylic acids is 1. The van der Waals surface area contributed by atoms with Crippen molar-refractivity contribution in [2.45, 2.75) is 37.2 Å². The Morgan fingerprint density at radius 3 is 2.51 bits per heavy atom. The molecule has 2 bridgehead atoms. The Labute approximate surface area is 199 Å². The molecule has 2 aliphatic rings. The van der Waals surface area contributed by atoms with E-state index < -0.39 is 11.7 Å². The van der Waals surface area contributed by atoms with Gasteiger partial charge in [-0.25, -0.2) is 15.0 Å². The van der Waals surface area contributed by atoms with Crippen LogP contribution >= 0.6 is 0 Å². The van der Waals surface area contributed by atoms with Gasteiger partial charge in [0.05, 0.1) is 29.8 Å². The smallest absolute Gasteiger partial charge is 0.417 e. The number of amides is 1. The van der Waals surface area contributed by atoms with Crippen molar-refractivity contribution in [1.82, 2.24) is 19.9 Å². The molecule has 3 aromatic rings. The topological polar surface area (TPSA) is 77.4 Å². The molecule has 2 aromatic heterocycles. The number of ether oxygens (including phenoxy) is 2. The van der Waals surface area contributed by atoms with Crippen molar-refractivity contribution in [2.24, 2.45) is 5.92 Å². The summed E-state index contributed by atoms with van der Waals surface area (Å²) in [7, 11) is 1.60. The fourth-order valence-corrected chi connectivity index (χ4v) is 5.12. The fourth-order valence-electron chi connectivity index (χ4n) is 5.12. The van der Waals surface area contributed by atoms with Crippen molar-refractivity contribution in [3.8, 4) is 17.3 Å². The van der Waals surface area contributed by atoms with E-state index in [1.807, 2.05) is 12.1 Å². The zero-order chi connectivity index (χ0) is 24.6. The number of aromatic nitrogens is 3. The lowest BCUT2D eigenvalue weighted by Crippen LogP contribution is -2.53. The molecule has 2 fully saturated rings. The van der Waals surface area contributed by atoms with Crippen LogP contribution in [0.2, 0.25) is 0 Å². The Balaban J connectivity index is 1.42. The van der Waals surface area contributed by atoms with Crippen LogP contribution in [0.25, 0.3) is 11.4 Å². The van der Waals surface area contributed by atoms with Crippen molar-refractivity contribution in [3.05, 3.63) is 72.2 Å². The Morgan fingerprint density at radius 2 is 1.83 bits per heavy atom. The van der Waals surface area contributed by atoms with E-state index in [1.165, 1.54) is 6.07 Å². The second-order valence-corrected chi connectivity index (χ2v) is 8.69. The summed E-state index contributed by atoms with van der Waals surface area (Å²) in [6.07, 6.45) is 0.525. The minimum absolute atomic E-state index is 0.101. The zero-order valence-corrected chi connectivity index (χ0v) is 18.9. The van der Waals surface area contributed by atoms with Gasteiger partial charge in [0, 0.05) is 37.3 Å². The molecule has 7 nitrogen and oxygen atoms in total. The van der Waals surface area contributed by atoms with E-state index in [9.17, 15) is 18.0 Å². The third-order valence-electron chi connectivity index (χ3n) is 6.64. The van der Waals surface area contributed by atoms with Gasteiger partial charge in [-0.1, -0.05) is 18.2 Å². The van der Waals surface area contributed by atoms with Crippen molar-refractivity contribution in [2.75, 3.05) is 13.7 Å². The summed E-state index contributed by atoms with van der Waals surface area (Å²) >= 11 is 0. The average molecular weight is 484 g/mol. The second kappa shape index (κ2) is 9.26. The molecule has 1 aliphatic carbocycles. The molecule has 10 heteroatoms. The number of halogens is 3. The van der Waals surface area contributed by atoms with Gasteiger partial charge in [0.25, 0.3) is 5.91 Å². The van der Waals surface area contributed by atoms with Crippen LogP contribution < -0.4 is 4.74 Å². The predicted octanol–water partition coefficient (Wildman–Crippen LogP) is 4.25. The fraction of sp³-hybridized carbons (Fsp3) is 0.360. The largest absolute Gasteiger partial charge is 0.472 e. The Kier molecular flexibility index (Phi) is 6.14. The van der Waals surface area contributed by atoms with E-state index in [4.69, 9.17) is 9.47 Å². The number of piperidine rings is 1. The third kappa shape index (κ3) is 4.45. The molecule has 5 rings (SSSR count). The van der Waals surface area contributed by atoms with Crippen LogP contribution in [-0.2, 0) is 10.9 Å². The minimum atomic E-state index is -4.47. The number of nitrogens with zero attached hydrogens (tertiary/aromatic N) is 4. The quantitative estimate of drug-likeness (QED) is 0.521. The van der Waals surface area contributed by atoms with Crippen LogP contribution in [0.1, 0.15) is 28.8 Å². The van der Waals surface area contributed by atoms with Crippen LogP contribution in [-0.4, -0.2) is 57.7 Å². The molecule has 0 radical (unpaired) electrons. The first-order valence-electron chi connectivity index (χ1n) is 11.2. The van der Waals surface area contributed by atoms with Crippen molar-refractivity contribution in [3.63, 3.8) is 0 Å². The summed E-state index contributed by atoms with van der Waals surface area (Å²) in [5, 5.41) is 0. The third-order valence-corrected chi connectivity index (χ3v) is 6.64. The van der Waals surface area contributed by atoms with Gasteiger partial charge in [0.2, 0.25) is 5.88 Å². The minimum Gasteiger partial charge on any atom is -0.472 e. The molecule has 1 amide bonds. The van der Waals surface area contributed by atoms with Crippen LogP contribution in [0.5, 0.6) is 5.88 Å². The summed E-state index contributed by atoms with van der Waals surface area (Å²) < 4.78 is 50.0. The number of benzene rings is 1. The van der Waals surface area contributed by atoms with E-state index >= 15 is 0 Å². The number of hydrogen-bond donors (Lipinski definition) is 0. The van der Waals surface area contributed by atoms with Gasteiger partial charge >= 0.3 is 6.18 Å². The van der Waals surface area contributed by atoms with Crippen LogP contribution in [0, 0.1) is 5.92 Å². The number of hydrogen-bond acceptors (Lipinski definition) is 6. The summed E-state index contributed by atoms with van der Waals surface area (Å²) in [6.45, 7) is 0.377. The molecule has 0 unspecified atom stereocenters. The van der Waals surface area contributed by atoms with Gasteiger partial charge < -0.3 is 14.4 Å². The lowest BCUT2D eigenvalue weighted by Gasteiger charge is -2.39. The maximum Gasteiger partial charge on any atom is 0.417 e. The van der Waals surface area contributed by atoms with Gasteiger partial charge in [-0.3, -0.25) is 4.79 Å². The highest BCUT2D eigenvalue weighted by atomic mass is 19.4. The van der Waals surface area contributed by atoms with Crippen molar-refractivity contribution in [1.29, 1.82) is 0 Å². The number of pyridine rings is 1. The molecular weight excluding hydrogens is 461 g/mol.